The number of benzene rings is 1. The predicted molar refractivity (Wildman–Crippen MR) is 121 cm³/mol. The van der Waals surface area contributed by atoms with Crippen molar-refractivity contribution < 1.29 is 9.59 Å². The molecular formula is C23H25BrN4O2. The lowest BCUT2D eigenvalue weighted by Gasteiger charge is -2.29. The summed E-state index contributed by atoms with van der Waals surface area (Å²) in [5, 5.41) is 2.92. The first-order chi connectivity index (χ1) is 14.5. The Bertz CT molecular complexity index is 1070. The van der Waals surface area contributed by atoms with Crippen LogP contribution in [-0.2, 0) is 11.2 Å². The van der Waals surface area contributed by atoms with E-state index in [0.29, 0.717) is 5.57 Å². The van der Waals surface area contributed by atoms with Gasteiger partial charge < -0.3 is 20.1 Å². The molecule has 2 amide bonds. The molecule has 0 aliphatic carbocycles. The van der Waals surface area contributed by atoms with Crippen LogP contribution < -0.4 is 5.32 Å². The number of hydrogen-bond acceptors (Lipinski definition) is 3. The van der Waals surface area contributed by atoms with Crippen LogP contribution in [0.25, 0.3) is 11.6 Å². The van der Waals surface area contributed by atoms with E-state index < -0.39 is 0 Å². The number of hydrogen-bond donors (Lipinski definition) is 2. The van der Waals surface area contributed by atoms with E-state index in [2.05, 4.69) is 31.1 Å². The van der Waals surface area contributed by atoms with Crippen molar-refractivity contribution in [1.82, 2.24) is 14.8 Å². The fourth-order valence-electron chi connectivity index (χ4n) is 4.78. The number of aromatic amines is 1. The number of carbonyl (C=O) groups excluding carboxylic acids is 2. The van der Waals surface area contributed by atoms with Crippen molar-refractivity contribution in [1.29, 1.82) is 0 Å². The highest BCUT2D eigenvalue weighted by Crippen LogP contribution is 2.39. The van der Waals surface area contributed by atoms with Gasteiger partial charge in [-0.2, -0.15) is 0 Å². The Hall–Kier alpha value is -2.38. The summed E-state index contributed by atoms with van der Waals surface area (Å²) in [7, 11) is 0. The molecule has 0 radical (unpaired) electrons. The zero-order chi connectivity index (χ0) is 20.8. The van der Waals surface area contributed by atoms with Gasteiger partial charge in [-0.3, -0.25) is 9.59 Å². The van der Waals surface area contributed by atoms with Crippen LogP contribution in [0.2, 0.25) is 0 Å². The summed E-state index contributed by atoms with van der Waals surface area (Å²) >= 11 is 3.56. The molecule has 5 rings (SSSR count). The highest BCUT2D eigenvalue weighted by Gasteiger charge is 2.31. The van der Waals surface area contributed by atoms with Gasteiger partial charge in [-0.1, -0.05) is 22.0 Å². The molecule has 1 aromatic carbocycles. The van der Waals surface area contributed by atoms with E-state index in [-0.39, 0.29) is 11.8 Å². The van der Waals surface area contributed by atoms with Gasteiger partial charge in [0.05, 0.1) is 16.8 Å². The number of amides is 2. The van der Waals surface area contributed by atoms with E-state index in [1.807, 2.05) is 36.1 Å². The number of rotatable bonds is 4. The number of nitrogens with one attached hydrogen (secondary N) is 2. The zero-order valence-electron chi connectivity index (χ0n) is 17.1. The third kappa shape index (κ3) is 3.30. The standard InChI is InChI=1S/C23H25BrN4O2/c1-14-19(13-15-21-16(24)5-4-6-17(21)26-22(15)29)25-18-7-10-28(23(30)20(14)18)12-11-27-8-2-3-9-27/h4-6,13,25H,2-3,7-12H2,1H3,(H,26,29). The van der Waals surface area contributed by atoms with E-state index >= 15 is 0 Å². The van der Waals surface area contributed by atoms with Crippen LogP contribution in [-0.4, -0.2) is 59.3 Å². The second-order valence-electron chi connectivity index (χ2n) is 8.28. The quantitative estimate of drug-likeness (QED) is 0.672. The molecule has 0 spiro atoms. The van der Waals surface area contributed by atoms with Crippen molar-refractivity contribution in [3.8, 4) is 0 Å². The van der Waals surface area contributed by atoms with Gasteiger partial charge in [-0.05, 0) is 56.6 Å². The zero-order valence-corrected chi connectivity index (χ0v) is 18.6. The Morgan fingerprint density at radius 3 is 2.70 bits per heavy atom. The van der Waals surface area contributed by atoms with Crippen molar-refractivity contribution >= 4 is 45.1 Å². The number of aromatic nitrogens is 1. The molecule has 0 atom stereocenters. The Morgan fingerprint density at radius 2 is 1.90 bits per heavy atom. The summed E-state index contributed by atoms with van der Waals surface area (Å²) in [6.45, 7) is 6.73. The van der Waals surface area contributed by atoms with Gasteiger partial charge in [0.2, 0.25) is 0 Å². The van der Waals surface area contributed by atoms with Gasteiger partial charge in [0, 0.05) is 47.5 Å². The lowest BCUT2D eigenvalue weighted by atomic mass is 10.0. The monoisotopic (exact) mass is 468 g/mol. The van der Waals surface area contributed by atoms with Crippen molar-refractivity contribution in [3.05, 3.63) is 50.8 Å². The minimum Gasteiger partial charge on any atom is -0.358 e. The number of likely N-dealkylation sites (tertiary alicyclic amines) is 1. The van der Waals surface area contributed by atoms with E-state index in [0.717, 1.165) is 77.4 Å². The number of fused-ring (bicyclic) bond motifs is 2. The SMILES string of the molecule is Cc1c(C=C2C(=O)Nc3cccc(Br)c32)[nH]c2c1C(=O)N(CCN1CCCC1)CC2. The minimum atomic E-state index is -0.123. The first-order valence-electron chi connectivity index (χ1n) is 10.6. The molecule has 2 aromatic rings. The van der Waals surface area contributed by atoms with E-state index in [9.17, 15) is 9.59 Å². The summed E-state index contributed by atoms with van der Waals surface area (Å²) in [6, 6.07) is 5.73. The molecule has 3 aliphatic rings. The molecule has 7 heteroatoms. The maximum atomic E-state index is 13.2. The maximum Gasteiger partial charge on any atom is 0.256 e. The molecule has 1 fully saturated rings. The summed E-state index contributed by atoms with van der Waals surface area (Å²) in [5.74, 6) is -0.0197. The minimum absolute atomic E-state index is 0.103. The fraction of sp³-hybridized carbons (Fsp3) is 0.391. The van der Waals surface area contributed by atoms with Crippen molar-refractivity contribution in [2.75, 3.05) is 38.0 Å². The summed E-state index contributed by atoms with van der Waals surface area (Å²) in [6.07, 6.45) is 5.22. The van der Waals surface area contributed by atoms with Gasteiger partial charge in [-0.15, -0.1) is 0 Å². The smallest absolute Gasteiger partial charge is 0.256 e. The molecule has 0 bridgehead atoms. The van der Waals surface area contributed by atoms with E-state index in [1.165, 1.54) is 12.8 Å². The highest BCUT2D eigenvalue weighted by atomic mass is 79.9. The van der Waals surface area contributed by atoms with Crippen LogP contribution >= 0.6 is 15.9 Å². The molecule has 0 unspecified atom stereocenters. The van der Waals surface area contributed by atoms with Crippen molar-refractivity contribution in [3.63, 3.8) is 0 Å². The molecule has 1 aromatic heterocycles. The van der Waals surface area contributed by atoms with Gasteiger partial charge in [0.15, 0.2) is 0 Å². The van der Waals surface area contributed by atoms with Gasteiger partial charge in [0.1, 0.15) is 0 Å². The van der Waals surface area contributed by atoms with Crippen LogP contribution in [0.15, 0.2) is 22.7 Å². The number of halogens is 1. The molecule has 3 aliphatic heterocycles. The first-order valence-corrected chi connectivity index (χ1v) is 11.4. The lowest BCUT2D eigenvalue weighted by molar-refractivity contribution is -0.110. The highest BCUT2D eigenvalue weighted by molar-refractivity contribution is 9.10. The van der Waals surface area contributed by atoms with Gasteiger partial charge >= 0.3 is 0 Å². The predicted octanol–water partition coefficient (Wildman–Crippen LogP) is 3.67. The molecule has 156 valence electrons. The topological polar surface area (TPSA) is 68.4 Å². The maximum absolute atomic E-state index is 13.2. The summed E-state index contributed by atoms with van der Waals surface area (Å²) < 4.78 is 0.878. The molecule has 30 heavy (non-hydrogen) atoms. The number of nitrogens with zero attached hydrogens (tertiary/aromatic N) is 2. The molecule has 2 N–H and O–H groups in total. The van der Waals surface area contributed by atoms with Gasteiger partial charge in [-0.25, -0.2) is 0 Å². The molecule has 6 nitrogen and oxygen atoms in total. The van der Waals surface area contributed by atoms with E-state index in [4.69, 9.17) is 0 Å². The largest absolute Gasteiger partial charge is 0.358 e. The molecule has 4 heterocycles. The second kappa shape index (κ2) is 7.71. The normalized spacial score (nSPS) is 20.1. The average molecular weight is 469 g/mol. The molecular weight excluding hydrogens is 444 g/mol. The summed E-state index contributed by atoms with van der Waals surface area (Å²) in [5.41, 5.74) is 5.79. The number of H-pyrrole nitrogens is 1. The molecule has 0 saturated carbocycles. The van der Waals surface area contributed by atoms with Crippen LogP contribution in [0.5, 0.6) is 0 Å². The third-order valence-corrected chi connectivity index (χ3v) is 7.11. The van der Waals surface area contributed by atoms with Gasteiger partial charge in [0.25, 0.3) is 11.8 Å². The fourth-order valence-corrected chi connectivity index (χ4v) is 5.36. The third-order valence-electron chi connectivity index (χ3n) is 6.45. The molecule has 1 saturated heterocycles. The Morgan fingerprint density at radius 1 is 1.10 bits per heavy atom. The second-order valence-corrected chi connectivity index (χ2v) is 9.14. The number of anilines is 1. The average Bonchev–Trinajstić information content (AvgIpc) is 3.42. The lowest BCUT2D eigenvalue weighted by Crippen LogP contribution is -2.42. The van der Waals surface area contributed by atoms with Crippen molar-refractivity contribution in [2.24, 2.45) is 0 Å². The van der Waals surface area contributed by atoms with E-state index in [1.54, 1.807) is 0 Å². The first kappa shape index (κ1) is 19.6. The Kier molecular flexibility index (Phi) is 5.03. The number of carbonyl (C=O) groups is 2. The van der Waals surface area contributed by atoms with Crippen LogP contribution in [0, 0.1) is 6.92 Å². The Balaban J connectivity index is 1.43. The van der Waals surface area contributed by atoms with Crippen LogP contribution in [0.1, 0.15) is 45.7 Å². The van der Waals surface area contributed by atoms with Crippen LogP contribution in [0.4, 0.5) is 5.69 Å². The van der Waals surface area contributed by atoms with Crippen molar-refractivity contribution in [2.45, 2.75) is 26.2 Å². The van der Waals surface area contributed by atoms with Crippen LogP contribution in [0.3, 0.4) is 0 Å². The Labute approximate surface area is 184 Å². The summed E-state index contributed by atoms with van der Waals surface area (Å²) in [4.78, 5) is 33.6.